The van der Waals surface area contributed by atoms with Crippen LogP contribution < -0.4 is 5.73 Å². The van der Waals surface area contributed by atoms with Crippen LogP contribution in [-0.2, 0) is 6.54 Å². The Kier molecular flexibility index (Phi) is 3.77. The highest BCUT2D eigenvalue weighted by Gasteiger charge is 2.19. The fourth-order valence-electron chi connectivity index (χ4n) is 1.53. The number of rotatable bonds is 3. The van der Waals surface area contributed by atoms with E-state index in [0.717, 1.165) is 12.1 Å². The van der Waals surface area contributed by atoms with Crippen LogP contribution in [0.5, 0.6) is 0 Å². The Morgan fingerprint density at radius 1 is 1.27 bits per heavy atom. The molecule has 0 fully saturated rings. The lowest BCUT2D eigenvalue weighted by Crippen LogP contribution is -2.21. The van der Waals surface area contributed by atoms with Crippen molar-refractivity contribution in [3.63, 3.8) is 0 Å². The quantitative estimate of drug-likeness (QED) is 0.834. The maximum absolute atomic E-state index is 13.6. The van der Waals surface area contributed by atoms with E-state index in [1.165, 1.54) is 0 Å². The zero-order valence-corrected chi connectivity index (χ0v) is 9.22. The number of halogens is 2. The normalized spacial score (nSPS) is 13.3. The van der Waals surface area contributed by atoms with E-state index in [9.17, 15) is 8.78 Å². The van der Waals surface area contributed by atoms with Crippen LogP contribution in [-0.4, -0.2) is 19.0 Å². The summed E-state index contributed by atoms with van der Waals surface area (Å²) in [6, 6.07) is 2.06. The summed E-state index contributed by atoms with van der Waals surface area (Å²) in [5.41, 5.74) is 6.04. The largest absolute Gasteiger partial charge is 0.326 e. The third kappa shape index (κ3) is 2.33. The third-order valence-electron chi connectivity index (χ3n) is 2.64. The van der Waals surface area contributed by atoms with Gasteiger partial charge >= 0.3 is 0 Å². The summed E-state index contributed by atoms with van der Waals surface area (Å²) in [7, 11) is 3.63. The van der Waals surface area contributed by atoms with Crippen LogP contribution in [0.1, 0.15) is 24.1 Å². The molecule has 0 aliphatic rings. The fourth-order valence-corrected chi connectivity index (χ4v) is 1.53. The Morgan fingerprint density at radius 3 is 2.27 bits per heavy atom. The van der Waals surface area contributed by atoms with Crippen molar-refractivity contribution in [2.24, 2.45) is 5.73 Å². The van der Waals surface area contributed by atoms with Crippen molar-refractivity contribution in [2.45, 2.75) is 19.5 Å². The SMILES string of the molecule is CC(c1c(F)ccc(F)c1CN)N(C)C. The fraction of sp³-hybridized carbons (Fsp3) is 0.455. The minimum absolute atomic E-state index is 0.0110. The van der Waals surface area contributed by atoms with Crippen molar-refractivity contribution in [3.8, 4) is 0 Å². The summed E-state index contributed by atoms with van der Waals surface area (Å²) in [6.07, 6.45) is 0. The van der Waals surface area contributed by atoms with Crippen LogP contribution in [0, 0.1) is 11.6 Å². The molecule has 0 radical (unpaired) electrons. The lowest BCUT2D eigenvalue weighted by Gasteiger charge is -2.23. The first-order valence-electron chi connectivity index (χ1n) is 4.82. The molecular weight excluding hydrogens is 198 g/mol. The molecular formula is C11H16F2N2. The lowest BCUT2D eigenvalue weighted by molar-refractivity contribution is 0.310. The molecule has 0 saturated heterocycles. The molecule has 0 aliphatic carbocycles. The molecule has 4 heteroatoms. The Labute approximate surface area is 88.7 Å². The molecule has 2 nitrogen and oxygen atoms in total. The second kappa shape index (κ2) is 4.68. The Morgan fingerprint density at radius 2 is 1.80 bits per heavy atom. The van der Waals surface area contributed by atoms with Gasteiger partial charge in [-0.1, -0.05) is 0 Å². The predicted molar refractivity (Wildman–Crippen MR) is 56.4 cm³/mol. The minimum atomic E-state index is -0.442. The second-order valence-corrected chi connectivity index (χ2v) is 3.77. The first-order valence-corrected chi connectivity index (χ1v) is 4.82. The molecule has 15 heavy (non-hydrogen) atoms. The third-order valence-corrected chi connectivity index (χ3v) is 2.64. The van der Waals surface area contributed by atoms with Gasteiger partial charge in [-0.2, -0.15) is 0 Å². The molecule has 0 heterocycles. The van der Waals surface area contributed by atoms with Gasteiger partial charge in [-0.15, -0.1) is 0 Å². The van der Waals surface area contributed by atoms with Crippen LogP contribution in [0.25, 0.3) is 0 Å². The van der Waals surface area contributed by atoms with Crippen LogP contribution in [0.15, 0.2) is 12.1 Å². The van der Waals surface area contributed by atoms with Gasteiger partial charge in [0.2, 0.25) is 0 Å². The van der Waals surface area contributed by atoms with Gasteiger partial charge in [0.1, 0.15) is 11.6 Å². The van der Waals surface area contributed by atoms with Gasteiger partial charge in [-0.05, 0) is 33.2 Å². The smallest absolute Gasteiger partial charge is 0.128 e. The summed E-state index contributed by atoms with van der Waals surface area (Å²) >= 11 is 0. The molecule has 0 bridgehead atoms. The van der Waals surface area contributed by atoms with E-state index in [2.05, 4.69) is 0 Å². The van der Waals surface area contributed by atoms with Gasteiger partial charge in [-0.3, -0.25) is 0 Å². The van der Waals surface area contributed by atoms with Gasteiger partial charge in [0.15, 0.2) is 0 Å². The van der Waals surface area contributed by atoms with E-state index < -0.39 is 11.6 Å². The van der Waals surface area contributed by atoms with E-state index in [-0.39, 0.29) is 18.2 Å². The lowest BCUT2D eigenvalue weighted by atomic mass is 9.99. The monoisotopic (exact) mass is 214 g/mol. The first-order chi connectivity index (χ1) is 6.99. The average Bonchev–Trinajstić information content (AvgIpc) is 2.19. The Bertz CT molecular complexity index is 351. The summed E-state index contributed by atoms with van der Waals surface area (Å²) in [5, 5.41) is 0. The number of nitrogens with two attached hydrogens (primary N) is 1. The predicted octanol–water partition coefficient (Wildman–Crippen LogP) is 2.05. The first kappa shape index (κ1) is 12.1. The van der Waals surface area contributed by atoms with Crippen molar-refractivity contribution in [3.05, 3.63) is 34.9 Å². The molecule has 2 N–H and O–H groups in total. The van der Waals surface area contributed by atoms with E-state index in [4.69, 9.17) is 5.73 Å². The minimum Gasteiger partial charge on any atom is -0.326 e. The zero-order chi connectivity index (χ0) is 11.6. The molecule has 1 aromatic rings. The molecule has 1 atom stereocenters. The summed E-state index contributed by atoms with van der Waals surface area (Å²) in [5.74, 6) is -0.847. The molecule has 0 amide bonds. The van der Waals surface area contributed by atoms with Crippen molar-refractivity contribution in [1.29, 1.82) is 0 Å². The van der Waals surface area contributed by atoms with Crippen molar-refractivity contribution in [1.82, 2.24) is 4.90 Å². The number of benzene rings is 1. The van der Waals surface area contributed by atoms with Crippen molar-refractivity contribution >= 4 is 0 Å². The van der Waals surface area contributed by atoms with E-state index in [1.807, 2.05) is 25.9 Å². The number of hydrogen-bond acceptors (Lipinski definition) is 2. The Balaban J connectivity index is 3.30. The van der Waals surface area contributed by atoms with Crippen molar-refractivity contribution in [2.75, 3.05) is 14.1 Å². The summed E-state index contributed by atoms with van der Waals surface area (Å²) in [6.45, 7) is 1.83. The van der Waals surface area contributed by atoms with E-state index in [0.29, 0.717) is 5.56 Å². The number of hydrogen-bond donors (Lipinski definition) is 1. The van der Waals surface area contributed by atoms with E-state index in [1.54, 1.807) is 0 Å². The standard InChI is InChI=1S/C11H16F2N2/c1-7(15(2)3)11-8(6-14)9(12)4-5-10(11)13/h4-5,7H,6,14H2,1-3H3. The molecule has 84 valence electrons. The highest BCUT2D eigenvalue weighted by Crippen LogP contribution is 2.26. The van der Waals surface area contributed by atoms with Gasteiger partial charge in [-0.25, -0.2) is 8.78 Å². The summed E-state index contributed by atoms with van der Waals surface area (Å²) < 4.78 is 27.0. The van der Waals surface area contributed by atoms with Gasteiger partial charge in [0, 0.05) is 23.7 Å². The molecule has 0 aromatic heterocycles. The highest BCUT2D eigenvalue weighted by molar-refractivity contribution is 5.32. The van der Waals surface area contributed by atoms with Gasteiger partial charge in [0.05, 0.1) is 0 Å². The molecule has 0 spiro atoms. The molecule has 0 saturated carbocycles. The van der Waals surface area contributed by atoms with Crippen LogP contribution in [0.3, 0.4) is 0 Å². The second-order valence-electron chi connectivity index (χ2n) is 3.77. The van der Waals surface area contributed by atoms with E-state index >= 15 is 0 Å². The molecule has 1 unspecified atom stereocenters. The average molecular weight is 214 g/mol. The molecule has 1 aromatic carbocycles. The maximum Gasteiger partial charge on any atom is 0.128 e. The molecule has 1 rings (SSSR count). The maximum atomic E-state index is 13.6. The van der Waals surface area contributed by atoms with Gasteiger partial charge < -0.3 is 10.6 Å². The summed E-state index contributed by atoms with van der Waals surface area (Å²) in [4.78, 5) is 1.82. The Hall–Kier alpha value is -1.00. The van der Waals surface area contributed by atoms with Crippen LogP contribution in [0.4, 0.5) is 8.78 Å². The van der Waals surface area contributed by atoms with Crippen LogP contribution >= 0.6 is 0 Å². The number of nitrogens with zero attached hydrogens (tertiary/aromatic N) is 1. The highest BCUT2D eigenvalue weighted by atomic mass is 19.1. The van der Waals surface area contributed by atoms with Crippen molar-refractivity contribution < 1.29 is 8.78 Å². The molecule has 0 aliphatic heterocycles. The van der Waals surface area contributed by atoms with Gasteiger partial charge in [0.25, 0.3) is 0 Å². The topological polar surface area (TPSA) is 29.3 Å². The zero-order valence-electron chi connectivity index (χ0n) is 9.22. The van der Waals surface area contributed by atoms with Crippen LogP contribution in [0.2, 0.25) is 0 Å².